The number of benzene rings is 1. The Bertz CT molecular complexity index is 394. The average Bonchev–Trinajstić information content (AvgIpc) is 2.64. The average molecular weight is 211 g/mol. The highest BCUT2D eigenvalue weighted by Crippen LogP contribution is 2.29. The van der Waals surface area contributed by atoms with Gasteiger partial charge in [0.05, 0.1) is 18.7 Å². The second-order valence-corrected chi connectivity index (χ2v) is 3.15. The molecule has 1 fully saturated rings. The van der Waals surface area contributed by atoms with Gasteiger partial charge in [-0.1, -0.05) is 6.07 Å². The van der Waals surface area contributed by atoms with Crippen molar-refractivity contribution in [3.63, 3.8) is 0 Å². The van der Waals surface area contributed by atoms with Crippen molar-refractivity contribution in [3.05, 3.63) is 29.6 Å². The number of hydrogen-bond acceptors (Lipinski definition) is 3. The second-order valence-electron chi connectivity index (χ2n) is 3.15. The zero-order valence-corrected chi connectivity index (χ0v) is 8.12. The molecule has 0 radical (unpaired) electrons. The van der Waals surface area contributed by atoms with E-state index in [0.29, 0.717) is 11.3 Å². The Morgan fingerprint density at radius 3 is 3.00 bits per heavy atom. The SMILES string of the molecule is COc1cccc(F)c1C1COC(=O)N1. The minimum Gasteiger partial charge on any atom is -0.496 e. The molecule has 1 saturated heterocycles. The molecule has 0 aromatic heterocycles. The van der Waals surface area contributed by atoms with E-state index < -0.39 is 18.0 Å². The second kappa shape index (κ2) is 3.76. The normalized spacial score (nSPS) is 19.6. The number of methoxy groups -OCH3 is 1. The van der Waals surface area contributed by atoms with Crippen molar-refractivity contribution in [2.75, 3.05) is 13.7 Å². The van der Waals surface area contributed by atoms with Crippen LogP contribution in [0.2, 0.25) is 0 Å². The first-order valence-electron chi connectivity index (χ1n) is 4.48. The molecule has 0 spiro atoms. The van der Waals surface area contributed by atoms with Gasteiger partial charge in [0.25, 0.3) is 0 Å². The topological polar surface area (TPSA) is 47.6 Å². The van der Waals surface area contributed by atoms with Gasteiger partial charge in [-0.2, -0.15) is 0 Å². The van der Waals surface area contributed by atoms with Gasteiger partial charge in [-0.05, 0) is 12.1 Å². The van der Waals surface area contributed by atoms with Crippen LogP contribution in [0.4, 0.5) is 9.18 Å². The van der Waals surface area contributed by atoms with Crippen LogP contribution in [-0.4, -0.2) is 19.8 Å². The van der Waals surface area contributed by atoms with Gasteiger partial charge in [-0.3, -0.25) is 0 Å². The molecule has 1 aliphatic heterocycles. The number of hydrogen-bond donors (Lipinski definition) is 1. The van der Waals surface area contributed by atoms with Crippen LogP contribution < -0.4 is 10.1 Å². The summed E-state index contributed by atoms with van der Waals surface area (Å²) >= 11 is 0. The fraction of sp³-hybridized carbons (Fsp3) is 0.300. The third-order valence-electron chi connectivity index (χ3n) is 2.25. The van der Waals surface area contributed by atoms with Crippen molar-refractivity contribution in [2.24, 2.45) is 0 Å². The fourth-order valence-corrected chi connectivity index (χ4v) is 1.57. The van der Waals surface area contributed by atoms with Gasteiger partial charge < -0.3 is 14.8 Å². The molecular weight excluding hydrogens is 201 g/mol. The maximum absolute atomic E-state index is 13.5. The molecule has 1 aromatic carbocycles. The predicted octanol–water partition coefficient (Wildman–Crippen LogP) is 1.62. The molecule has 80 valence electrons. The van der Waals surface area contributed by atoms with Crippen LogP contribution in [-0.2, 0) is 4.74 Å². The number of nitrogens with one attached hydrogen (secondary N) is 1. The molecule has 0 saturated carbocycles. The minimum atomic E-state index is -0.537. The first-order chi connectivity index (χ1) is 7.22. The van der Waals surface area contributed by atoms with Gasteiger partial charge in [0.15, 0.2) is 0 Å². The quantitative estimate of drug-likeness (QED) is 0.808. The summed E-state index contributed by atoms with van der Waals surface area (Å²) < 4.78 is 23.3. The lowest BCUT2D eigenvalue weighted by Gasteiger charge is -2.13. The summed E-state index contributed by atoms with van der Waals surface area (Å²) in [6.45, 7) is 0.121. The zero-order valence-electron chi connectivity index (χ0n) is 8.12. The summed E-state index contributed by atoms with van der Waals surface area (Å²) in [6.07, 6.45) is -0.537. The lowest BCUT2D eigenvalue weighted by molar-refractivity contribution is 0.176. The van der Waals surface area contributed by atoms with Crippen molar-refractivity contribution in [1.82, 2.24) is 5.32 Å². The molecule has 15 heavy (non-hydrogen) atoms. The summed E-state index contributed by atoms with van der Waals surface area (Å²) in [7, 11) is 1.45. The zero-order chi connectivity index (χ0) is 10.8. The third kappa shape index (κ3) is 1.72. The Labute approximate surface area is 86.0 Å². The Morgan fingerprint density at radius 2 is 2.40 bits per heavy atom. The molecule has 1 unspecified atom stereocenters. The van der Waals surface area contributed by atoms with Crippen molar-refractivity contribution in [1.29, 1.82) is 0 Å². The first-order valence-corrected chi connectivity index (χ1v) is 4.48. The maximum Gasteiger partial charge on any atom is 0.407 e. The van der Waals surface area contributed by atoms with Crippen LogP contribution in [0.3, 0.4) is 0 Å². The van der Waals surface area contributed by atoms with E-state index in [1.807, 2.05) is 0 Å². The molecule has 4 nitrogen and oxygen atoms in total. The number of alkyl carbamates (subject to hydrolysis) is 1. The first kappa shape index (κ1) is 9.76. The van der Waals surface area contributed by atoms with E-state index in [1.165, 1.54) is 13.2 Å². The van der Waals surface area contributed by atoms with Crippen LogP contribution in [0.25, 0.3) is 0 Å². The lowest BCUT2D eigenvalue weighted by atomic mass is 10.1. The molecule has 1 atom stereocenters. The summed E-state index contributed by atoms with van der Waals surface area (Å²) in [5, 5.41) is 2.50. The lowest BCUT2D eigenvalue weighted by Crippen LogP contribution is -2.20. The van der Waals surface area contributed by atoms with Crippen molar-refractivity contribution < 1.29 is 18.7 Å². The van der Waals surface area contributed by atoms with Crippen molar-refractivity contribution in [2.45, 2.75) is 6.04 Å². The number of amides is 1. The summed E-state index contributed by atoms with van der Waals surface area (Å²) in [6, 6.07) is 4.04. The highest BCUT2D eigenvalue weighted by Gasteiger charge is 2.28. The number of halogens is 1. The van der Waals surface area contributed by atoms with E-state index in [1.54, 1.807) is 12.1 Å². The Kier molecular flexibility index (Phi) is 2.45. The van der Waals surface area contributed by atoms with E-state index in [-0.39, 0.29) is 6.61 Å². The van der Waals surface area contributed by atoms with Gasteiger partial charge >= 0.3 is 6.09 Å². The van der Waals surface area contributed by atoms with Crippen LogP contribution in [0, 0.1) is 5.82 Å². The number of ether oxygens (including phenoxy) is 2. The molecule has 0 aliphatic carbocycles. The molecule has 0 bridgehead atoms. The standard InChI is InChI=1S/C10H10FNO3/c1-14-8-4-2-3-6(11)9(8)7-5-15-10(13)12-7/h2-4,7H,5H2,1H3,(H,12,13). The van der Waals surface area contributed by atoms with E-state index in [2.05, 4.69) is 5.32 Å². The number of rotatable bonds is 2. The number of cyclic esters (lactones) is 1. The van der Waals surface area contributed by atoms with Crippen molar-refractivity contribution in [3.8, 4) is 5.75 Å². The van der Waals surface area contributed by atoms with Gasteiger partial charge in [-0.25, -0.2) is 9.18 Å². The van der Waals surface area contributed by atoms with Crippen molar-refractivity contribution >= 4 is 6.09 Å². The van der Waals surface area contributed by atoms with Crippen LogP contribution in [0.5, 0.6) is 5.75 Å². The van der Waals surface area contributed by atoms with Crippen LogP contribution >= 0.6 is 0 Å². The van der Waals surface area contributed by atoms with Gasteiger partial charge in [0, 0.05) is 0 Å². The largest absolute Gasteiger partial charge is 0.496 e. The fourth-order valence-electron chi connectivity index (χ4n) is 1.57. The molecule has 1 aromatic rings. The van der Waals surface area contributed by atoms with Crippen LogP contribution in [0.15, 0.2) is 18.2 Å². The smallest absolute Gasteiger partial charge is 0.407 e. The third-order valence-corrected chi connectivity index (χ3v) is 2.25. The highest BCUT2D eigenvalue weighted by molar-refractivity contribution is 5.70. The Balaban J connectivity index is 2.37. The van der Waals surface area contributed by atoms with Gasteiger partial charge in [0.2, 0.25) is 0 Å². The molecule has 2 rings (SSSR count). The minimum absolute atomic E-state index is 0.121. The number of carbonyl (C=O) groups excluding carboxylic acids is 1. The summed E-state index contributed by atoms with van der Waals surface area (Å²) in [5.74, 6) is -0.00375. The molecule has 5 heteroatoms. The maximum atomic E-state index is 13.5. The summed E-state index contributed by atoms with van der Waals surface area (Å²) in [5.41, 5.74) is 0.325. The molecule has 1 heterocycles. The van der Waals surface area contributed by atoms with E-state index in [0.717, 1.165) is 0 Å². The van der Waals surface area contributed by atoms with E-state index in [9.17, 15) is 9.18 Å². The van der Waals surface area contributed by atoms with Gasteiger partial charge in [-0.15, -0.1) is 0 Å². The summed E-state index contributed by atoms with van der Waals surface area (Å²) in [4.78, 5) is 10.8. The monoisotopic (exact) mass is 211 g/mol. The van der Waals surface area contributed by atoms with E-state index in [4.69, 9.17) is 9.47 Å². The molecule has 1 N–H and O–H groups in total. The van der Waals surface area contributed by atoms with E-state index >= 15 is 0 Å². The number of carbonyl (C=O) groups is 1. The predicted molar refractivity (Wildman–Crippen MR) is 50.2 cm³/mol. The molecule has 1 aliphatic rings. The molecular formula is C10H10FNO3. The Morgan fingerprint density at radius 1 is 1.60 bits per heavy atom. The van der Waals surface area contributed by atoms with Crippen LogP contribution in [0.1, 0.15) is 11.6 Å². The molecule has 1 amide bonds. The Hall–Kier alpha value is -1.78. The highest BCUT2D eigenvalue weighted by atomic mass is 19.1. The van der Waals surface area contributed by atoms with Gasteiger partial charge in [0.1, 0.15) is 18.2 Å².